The molecule has 0 aromatic carbocycles. The van der Waals surface area contributed by atoms with E-state index < -0.39 is 5.97 Å². The van der Waals surface area contributed by atoms with Gasteiger partial charge in [-0.05, 0) is 25.7 Å². The summed E-state index contributed by atoms with van der Waals surface area (Å²) in [5.41, 5.74) is 0. The summed E-state index contributed by atoms with van der Waals surface area (Å²) in [5.74, 6) is 2.03. The highest BCUT2D eigenvalue weighted by atomic mass is 16.4. The summed E-state index contributed by atoms with van der Waals surface area (Å²) in [6.45, 7) is 2.65. The summed E-state index contributed by atoms with van der Waals surface area (Å²) < 4.78 is 2.08. The van der Waals surface area contributed by atoms with E-state index in [1.54, 1.807) is 0 Å². The summed E-state index contributed by atoms with van der Waals surface area (Å²) in [6, 6.07) is 0. The quantitative estimate of drug-likeness (QED) is 0.822. The third kappa shape index (κ3) is 4.04. The summed E-state index contributed by atoms with van der Waals surface area (Å²) >= 11 is 0. The molecule has 0 spiro atoms. The van der Waals surface area contributed by atoms with Gasteiger partial charge in [0, 0.05) is 19.4 Å². The lowest BCUT2D eigenvalue weighted by Crippen LogP contribution is -2.09. The lowest BCUT2D eigenvalue weighted by molar-refractivity contribution is -0.137. The minimum Gasteiger partial charge on any atom is -0.481 e. The summed E-state index contributed by atoms with van der Waals surface area (Å²) in [5, 5.41) is 17.1. The van der Waals surface area contributed by atoms with Crippen LogP contribution < -0.4 is 0 Å². The van der Waals surface area contributed by atoms with Gasteiger partial charge in [0.2, 0.25) is 0 Å². The average Bonchev–Trinajstić information content (AvgIpc) is 2.98. The number of carbonyl (C=O) groups is 1. The Morgan fingerprint density at radius 3 is 2.79 bits per heavy atom. The highest BCUT2D eigenvalue weighted by molar-refractivity contribution is 5.66. The van der Waals surface area contributed by atoms with Crippen LogP contribution in [0.15, 0.2) is 0 Å². The molecule has 0 amide bonds. The molecule has 0 atom stereocenters. The molecule has 0 aliphatic heterocycles. The number of rotatable bonds is 7. The maximum atomic E-state index is 10.6. The van der Waals surface area contributed by atoms with Crippen molar-refractivity contribution in [2.45, 2.75) is 64.8 Å². The normalized spacial score (nSPS) is 16.1. The number of hydrogen-bond acceptors (Lipinski definition) is 3. The molecule has 0 unspecified atom stereocenters. The van der Waals surface area contributed by atoms with Crippen molar-refractivity contribution in [3.63, 3.8) is 0 Å². The molecule has 1 saturated carbocycles. The van der Waals surface area contributed by atoms with Crippen LogP contribution in [0, 0.1) is 12.8 Å². The second kappa shape index (κ2) is 6.68. The fourth-order valence-electron chi connectivity index (χ4n) is 2.92. The Morgan fingerprint density at radius 1 is 1.37 bits per heavy atom. The molecule has 5 heteroatoms. The lowest BCUT2D eigenvalue weighted by atomic mass is 10.0. The molecule has 1 heterocycles. The SMILES string of the molecule is Cc1nnc(CCC2CCCC2)n1CCCC(=O)O. The molecule has 0 radical (unpaired) electrons. The Hall–Kier alpha value is -1.39. The van der Waals surface area contributed by atoms with Crippen molar-refractivity contribution < 1.29 is 9.90 Å². The van der Waals surface area contributed by atoms with E-state index in [1.165, 1.54) is 32.1 Å². The number of aryl methyl sites for hydroxylation is 2. The van der Waals surface area contributed by atoms with Crippen LogP contribution in [-0.4, -0.2) is 25.8 Å². The smallest absolute Gasteiger partial charge is 0.303 e. The number of hydrogen-bond donors (Lipinski definition) is 1. The first-order valence-corrected chi connectivity index (χ1v) is 7.27. The van der Waals surface area contributed by atoms with Crippen molar-refractivity contribution >= 4 is 5.97 Å². The zero-order chi connectivity index (χ0) is 13.7. The van der Waals surface area contributed by atoms with Crippen LogP contribution in [0.2, 0.25) is 0 Å². The van der Waals surface area contributed by atoms with Gasteiger partial charge in [0.1, 0.15) is 11.6 Å². The van der Waals surface area contributed by atoms with Gasteiger partial charge in [0.15, 0.2) is 0 Å². The van der Waals surface area contributed by atoms with Gasteiger partial charge in [-0.25, -0.2) is 0 Å². The molecule has 1 fully saturated rings. The molecule has 1 aromatic rings. The molecule has 0 bridgehead atoms. The average molecular weight is 265 g/mol. The van der Waals surface area contributed by atoms with Crippen molar-refractivity contribution in [1.29, 1.82) is 0 Å². The Balaban J connectivity index is 1.86. The van der Waals surface area contributed by atoms with Crippen LogP contribution in [0.5, 0.6) is 0 Å². The third-order valence-corrected chi connectivity index (χ3v) is 4.04. The van der Waals surface area contributed by atoms with E-state index in [-0.39, 0.29) is 6.42 Å². The first kappa shape index (κ1) is 14.0. The lowest BCUT2D eigenvalue weighted by Gasteiger charge is -2.10. The first-order chi connectivity index (χ1) is 9.16. The molecule has 1 aromatic heterocycles. The maximum Gasteiger partial charge on any atom is 0.303 e. The predicted octanol–water partition coefficient (Wildman–Crippen LogP) is 2.57. The summed E-state index contributed by atoms with van der Waals surface area (Å²) in [7, 11) is 0. The van der Waals surface area contributed by atoms with E-state index in [9.17, 15) is 4.79 Å². The molecule has 1 aliphatic rings. The standard InChI is InChI=1S/C14H23N3O2/c1-11-15-16-13(9-8-12-5-2-3-6-12)17(11)10-4-7-14(18)19/h12H,2-10H2,1H3,(H,18,19). The molecular formula is C14H23N3O2. The van der Waals surface area contributed by atoms with Gasteiger partial charge in [-0.1, -0.05) is 25.7 Å². The van der Waals surface area contributed by atoms with E-state index in [0.717, 1.165) is 24.0 Å². The number of nitrogens with zero attached hydrogens (tertiary/aromatic N) is 3. The van der Waals surface area contributed by atoms with Crippen LogP contribution in [0.25, 0.3) is 0 Å². The Labute approximate surface area is 114 Å². The van der Waals surface area contributed by atoms with Crippen LogP contribution in [-0.2, 0) is 17.8 Å². The van der Waals surface area contributed by atoms with Gasteiger partial charge in [-0.3, -0.25) is 4.79 Å². The van der Waals surface area contributed by atoms with Crippen molar-refractivity contribution in [2.24, 2.45) is 5.92 Å². The van der Waals surface area contributed by atoms with Gasteiger partial charge in [-0.2, -0.15) is 0 Å². The Kier molecular flexibility index (Phi) is 4.93. The van der Waals surface area contributed by atoms with Crippen molar-refractivity contribution in [3.05, 3.63) is 11.6 Å². The largest absolute Gasteiger partial charge is 0.481 e. The molecule has 1 N–H and O–H groups in total. The Morgan fingerprint density at radius 2 is 2.11 bits per heavy atom. The van der Waals surface area contributed by atoms with E-state index >= 15 is 0 Å². The molecular weight excluding hydrogens is 242 g/mol. The van der Waals surface area contributed by atoms with Crippen LogP contribution in [0.1, 0.15) is 56.6 Å². The highest BCUT2D eigenvalue weighted by Gasteiger charge is 2.17. The minimum absolute atomic E-state index is 0.208. The molecule has 106 valence electrons. The number of aromatic nitrogens is 3. The second-order valence-corrected chi connectivity index (χ2v) is 5.50. The molecule has 5 nitrogen and oxygen atoms in total. The monoisotopic (exact) mass is 265 g/mol. The summed E-state index contributed by atoms with van der Waals surface area (Å²) in [4.78, 5) is 10.6. The van der Waals surface area contributed by atoms with E-state index in [1.807, 2.05) is 6.92 Å². The molecule has 19 heavy (non-hydrogen) atoms. The molecule has 0 saturated heterocycles. The van der Waals surface area contributed by atoms with Crippen molar-refractivity contribution in [1.82, 2.24) is 14.8 Å². The second-order valence-electron chi connectivity index (χ2n) is 5.50. The Bertz CT molecular complexity index is 422. The fraction of sp³-hybridized carbons (Fsp3) is 0.786. The minimum atomic E-state index is -0.738. The molecule has 2 rings (SSSR count). The molecule has 1 aliphatic carbocycles. The number of aliphatic carboxylic acids is 1. The van der Waals surface area contributed by atoms with Crippen LogP contribution >= 0.6 is 0 Å². The summed E-state index contributed by atoms with van der Waals surface area (Å²) in [6.07, 6.45) is 8.46. The maximum absolute atomic E-state index is 10.6. The van der Waals surface area contributed by atoms with Gasteiger partial charge in [0.25, 0.3) is 0 Å². The number of carboxylic acids is 1. The van der Waals surface area contributed by atoms with E-state index in [0.29, 0.717) is 13.0 Å². The number of carboxylic acid groups (broad SMARTS) is 1. The van der Waals surface area contributed by atoms with Gasteiger partial charge >= 0.3 is 5.97 Å². The van der Waals surface area contributed by atoms with E-state index in [2.05, 4.69) is 14.8 Å². The highest BCUT2D eigenvalue weighted by Crippen LogP contribution is 2.28. The van der Waals surface area contributed by atoms with Gasteiger partial charge < -0.3 is 9.67 Å². The van der Waals surface area contributed by atoms with Crippen LogP contribution in [0.3, 0.4) is 0 Å². The zero-order valence-corrected chi connectivity index (χ0v) is 11.6. The van der Waals surface area contributed by atoms with Crippen molar-refractivity contribution in [3.8, 4) is 0 Å². The van der Waals surface area contributed by atoms with E-state index in [4.69, 9.17) is 5.11 Å². The zero-order valence-electron chi connectivity index (χ0n) is 11.6. The van der Waals surface area contributed by atoms with Crippen molar-refractivity contribution in [2.75, 3.05) is 0 Å². The third-order valence-electron chi connectivity index (χ3n) is 4.04. The fourth-order valence-corrected chi connectivity index (χ4v) is 2.92. The van der Waals surface area contributed by atoms with Gasteiger partial charge in [0.05, 0.1) is 0 Å². The van der Waals surface area contributed by atoms with Gasteiger partial charge in [-0.15, -0.1) is 10.2 Å². The predicted molar refractivity (Wildman–Crippen MR) is 71.9 cm³/mol. The topological polar surface area (TPSA) is 68.0 Å². The van der Waals surface area contributed by atoms with Crippen LogP contribution in [0.4, 0.5) is 0 Å². The first-order valence-electron chi connectivity index (χ1n) is 7.27.